The fourth-order valence-electron chi connectivity index (χ4n) is 4.09. The summed E-state index contributed by atoms with van der Waals surface area (Å²) in [5, 5.41) is 18.2. The fraction of sp³-hybridized carbons (Fsp3) is 0.115. The van der Waals surface area contributed by atoms with E-state index in [1.54, 1.807) is 47.4 Å². The molecule has 2 amide bonds. The number of aromatic nitrogens is 2. The first-order valence-corrected chi connectivity index (χ1v) is 11.2. The van der Waals surface area contributed by atoms with Gasteiger partial charge in [-0.05, 0) is 61.0 Å². The summed E-state index contributed by atoms with van der Waals surface area (Å²) in [7, 11) is 1.47. The lowest BCUT2D eigenvalue weighted by Gasteiger charge is -2.35. The molecule has 1 atom stereocenters. The van der Waals surface area contributed by atoms with Gasteiger partial charge in [-0.1, -0.05) is 41.0 Å². The van der Waals surface area contributed by atoms with Gasteiger partial charge in [-0.3, -0.25) is 4.90 Å². The average Bonchev–Trinajstić information content (AvgIpc) is 3.34. The summed E-state index contributed by atoms with van der Waals surface area (Å²) in [6.45, 7) is 1.82. The number of phenolic OH excluding ortho intramolecular Hbond substituents is 1. The number of hydrogen-bond acceptors (Lipinski definition) is 6. The zero-order valence-electron chi connectivity index (χ0n) is 18.9. The lowest BCUT2D eigenvalue weighted by Crippen LogP contribution is -2.46. The van der Waals surface area contributed by atoms with E-state index in [2.05, 4.69) is 15.5 Å². The van der Waals surface area contributed by atoms with E-state index >= 15 is 0 Å². The van der Waals surface area contributed by atoms with Crippen LogP contribution in [0.2, 0.25) is 5.02 Å². The Hall–Kier alpha value is -4.30. The first-order valence-electron chi connectivity index (χ1n) is 10.8. The van der Waals surface area contributed by atoms with E-state index in [1.807, 2.05) is 37.3 Å². The van der Waals surface area contributed by atoms with Gasteiger partial charge in [-0.15, -0.1) is 0 Å². The van der Waals surface area contributed by atoms with Crippen molar-refractivity contribution >= 4 is 28.9 Å². The number of hydrogen-bond donors (Lipinski definition) is 2. The van der Waals surface area contributed by atoms with Crippen molar-refractivity contribution in [2.24, 2.45) is 0 Å². The molecule has 1 unspecified atom stereocenters. The van der Waals surface area contributed by atoms with E-state index < -0.39 is 6.04 Å². The molecule has 9 heteroatoms. The summed E-state index contributed by atoms with van der Waals surface area (Å²) >= 11 is 6.01. The zero-order chi connectivity index (χ0) is 24.5. The van der Waals surface area contributed by atoms with Crippen LogP contribution >= 0.6 is 11.6 Å². The highest BCUT2D eigenvalue weighted by molar-refractivity contribution is 6.30. The van der Waals surface area contributed by atoms with Crippen molar-refractivity contribution in [2.75, 3.05) is 12.0 Å². The molecule has 2 heterocycles. The number of benzene rings is 3. The van der Waals surface area contributed by atoms with E-state index in [9.17, 15) is 9.90 Å². The zero-order valence-corrected chi connectivity index (χ0v) is 19.7. The van der Waals surface area contributed by atoms with E-state index in [0.29, 0.717) is 39.1 Å². The van der Waals surface area contributed by atoms with E-state index in [-0.39, 0.29) is 17.7 Å². The van der Waals surface area contributed by atoms with E-state index in [0.717, 1.165) is 5.56 Å². The number of amides is 2. The number of ether oxygens (including phenoxy) is 1. The number of carbonyl (C=O) groups is 1. The number of rotatable bonds is 5. The molecule has 3 aromatic carbocycles. The third kappa shape index (κ3) is 4.20. The molecule has 0 bridgehead atoms. The molecule has 0 aliphatic carbocycles. The maximum atomic E-state index is 13.2. The maximum Gasteiger partial charge on any atom is 0.326 e. The van der Waals surface area contributed by atoms with Gasteiger partial charge in [0.25, 0.3) is 5.89 Å². The lowest BCUT2D eigenvalue weighted by atomic mass is 9.94. The average molecular weight is 489 g/mol. The van der Waals surface area contributed by atoms with Crippen LogP contribution in [0, 0.1) is 0 Å². The molecule has 35 heavy (non-hydrogen) atoms. The highest BCUT2D eigenvalue weighted by atomic mass is 35.5. The Morgan fingerprint density at radius 3 is 2.51 bits per heavy atom. The van der Waals surface area contributed by atoms with Gasteiger partial charge in [0.1, 0.15) is 0 Å². The van der Waals surface area contributed by atoms with Crippen molar-refractivity contribution in [1.82, 2.24) is 15.5 Å². The monoisotopic (exact) mass is 488 g/mol. The first-order chi connectivity index (χ1) is 17.0. The number of nitrogens with zero attached hydrogens (tertiary/aromatic N) is 3. The number of para-hydroxylation sites is 1. The van der Waals surface area contributed by atoms with Crippen LogP contribution in [0.25, 0.3) is 17.0 Å². The Morgan fingerprint density at radius 1 is 1.09 bits per heavy atom. The second-order valence-electron chi connectivity index (χ2n) is 7.91. The maximum absolute atomic E-state index is 13.2. The van der Waals surface area contributed by atoms with Gasteiger partial charge in [0, 0.05) is 16.3 Å². The summed E-state index contributed by atoms with van der Waals surface area (Å²) < 4.78 is 10.9. The van der Waals surface area contributed by atoms with Crippen molar-refractivity contribution in [3.63, 3.8) is 0 Å². The molecule has 8 nitrogen and oxygen atoms in total. The quantitative estimate of drug-likeness (QED) is 0.368. The number of allylic oxidation sites excluding steroid dienone is 1. The fourth-order valence-corrected chi connectivity index (χ4v) is 4.22. The summed E-state index contributed by atoms with van der Waals surface area (Å²) in [6, 6.07) is 20.3. The molecule has 0 saturated heterocycles. The van der Waals surface area contributed by atoms with Crippen LogP contribution in [0.4, 0.5) is 10.5 Å². The topological polar surface area (TPSA) is 101 Å². The molecule has 0 radical (unpaired) electrons. The van der Waals surface area contributed by atoms with E-state index in [4.69, 9.17) is 20.9 Å². The second-order valence-corrected chi connectivity index (χ2v) is 8.35. The Morgan fingerprint density at radius 2 is 1.83 bits per heavy atom. The summed E-state index contributed by atoms with van der Waals surface area (Å²) in [6.07, 6.45) is 0. The molecule has 1 aliphatic heterocycles. The molecule has 0 spiro atoms. The summed E-state index contributed by atoms with van der Waals surface area (Å²) in [5.74, 6) is 0.908. The van der Waals surface area contributed by atoms with Crippen LogP contribution in [-0.2, 0) is 0 Å². The van der Waals surface area contributed by atoms with E-state index in [1.165, 1.54) is 7.11 Å². The highest BCUT2D eigenvalue weighted by Crippen LogP contribution is 2.41. The number of halogens is 1. The second kappa shape index (κ2) is 9.15. The van der Waals surface area contributed by atoms with Gasteiger partial charge in [0.2, 0.25) is 5.82 Å². The van der Waals surface area contributed by atoms with Gasteiger partial charge in [0.15, 0.2) is 11.5 Å². The molecular weight excluding hydrogens is 468 g/mol. The molecule has 1 aromatic heterocycles. The van der Waals surface area contributed by atoms with Gasteiger partial charge < -0.3 is 19.7 Å². The largest absolute Gasteiger partial charge is 0.504 e. The Bertz CT molecular complexity index is 1420. The van der Waals surface area contributed by atoms with Gasteiger partial charge >= 0.3 is 6.03 Å². The SMILES string of the molecule is COc1ccc(C2NC(=O)N(c3ccccc3)C(C)=C2c2nc(-c3ccc(Cl)cc3)no2)cc1O. The molecule has 4 aromatic rings. The first kappa shape index (κ1) is 22.5. The predicted molar refractivity (Wildman–Crippen MR) is 132 cm³/mol. The number of urea groups is 1. The summed E-state index contributed by atoms with van der Waals surface area (Å²) in [5.41, 5.74) is 3.27. The van der Waals surface area contributed by atoms with Gasteiger partial charge in [0.05, 0.1) is 24.4 Å². The normalized spacial score (nSPS) is 15.8. The minimum absolute atomic E-state index is 0.0471. The minimum atomic E-state index is -0.655. The van der Waals surface area contributed by atoms with Gasteiger partial charge in [-0.2, -0.15) is 4.98 Å². The molecule has 176 valence electrons. The van der Waals surface area contributed by atoms with Crippen molar-refractivity contribution in [3.05, 3.63) is 95.0 Å². The number of anilines is 1. The van der Waals surface area contributed by atoms with Crippen molar-refractivity contribution in [2.45, 2.75) is 13.0 Å². The lowest BCUT2D eigenvalue weighted by molar-refractivity contribution is 0.244. The third-order valence-electron chi connectivity index (χ3n) is 5.79. The summed E-state index contributed by atoms with van der Waals surface area (Å²) in [4.78, 5) is 19.4. The van der Waals surface area contributed by atoms with Crippen LogP contribution < -0.4 is 15.0 Å². The van der Waals surface area contributed by atoms with Crippen molar-refractivity contribution < 1.29 is 19.2 Å². The smallest absolute Gasteiger partial charge is 0.326 e. The number of phenols is 1. The number of carbonyl (C=O) groups excluding carboxylic acids is 1. The molecule has 0 fully saturated rings. The molecular formula is C26H21ClN4O4. The predicted octanol–water partition coefficient (Wildman–Crippen LogP) is 5.81. The number of aromatic hydroxyl groups is 1. The molecule has 1 aliphatic rings. The van der Waals surface area contributed by atoms with Crippen molar-refractivity contribution in [1.29, 1.82) is 0 Å². The molecule has 5 rings (SSSR count). The van der Waals surface area contributed by atoms with Crippen LogP contribution in [0.5, 0.6) is 11.5 Å². The van der Waals surface area contributed by atoms with Crippen LogP contribution in [0.1, 0.15) is 24.4 Å². The van der Waals surface area contributed by atoms with Crippen LogP contribution in [-0.4, -0.2) is 28.4 Å². The molecule has 0 saturated carbocycles. The third-order valence-corrected chi connectivity index (χ3v) is 6.05. The Labute approximate surface area is 206 Å². The highest BCUT2D eigenvalue weighted by Gasteiger charge is 2.36. The van der Waals surface area contributed by atoms with Gasteiger partial charge in [-0.25, -0.2) is 4.79 Å². The standard InChI is InChI=1S/C26H21ClN4O4/c1-15-22(25-29-24(30-35-25)16-8-11-18(27)12-9-16)23(17-10-13-21(34-2)20(32)14-17)28-26(33)31(15)19-6-4-3-5-7-19/h3-14,23,32H,1-2H3,(H,28,33). The molecule has 2 N–H and O–H groups in total. The minimum Gasteiger partial charge on any atom is -0.504 e. The Balaban J connectivity index is 1.65. The Kier molecular flexibility index (Phi) is 5.88. The van der Waals surface area contributed by atoms with Crippen LogP contribution in [0.3, 0.4) is 0 Å². The van der Waals surface area contributed by atoms with Crippen molar-refractivity contribution in [3.8, 4) is 22.9 Å². The number of nitrogens with one attached hydrogen (secondary N) is 1. The number of methoxy groups -OCH3 is 1. The van der Waals surface area contributed by atoms with Crippen LogP contribution in [0.15, 0.2) is 83.0 Å².